The Kier molecular flexibility index (Phi) is 5.22. The predicted molar refractivity (Wildman–Crippen MR) is 97.8 cm³/mol. The molecule has 134 valence electrons. The first-order chi connectivity index (χ1) is 12.6. The van der Waals surface area contributed by atoms with Gasteiger partial charge in [0.25, 0.3) is 5.91 Å². The van der Waals surface area contributed by atoms with Gasteiger partial charge in [-0.25, -0.2) is 4.79 Å². The molecule has 26 heavy (non-hydrogen) atoms. The zero-order valence-electron chi connectivity index (χ0n) is 14.6. The van der Waals surface area contributed by atoms with E-state index in [9.17, 15) is 9.59 Å². The molecule has 6 heteroatoms. The summed E-state index contributed by atoms with van der Waals surface area (Å²) in [6.07, 6.45) is 0. The fraction of sp³-hybridized carbons (Fsp3) is 0.200. The van der Waals surface area contributed by atoms with Crippen LogP contribution in [0.15, 0.2) is 57.7 Å². The third-order valence-corrected chi connectivity index (χ3v) is 3.88. The molecule has 1 heterocycles. The van der Waals surface area contributed by atoms with Crippen LogP contribution in [0, 0.1) is 0 Å². The monoisotopic (exact) mass is 353 g/mol. The number of ether oxygens (including phenoxy) is 2. The second-order valence-corrected chi connectivity index (χ2v) is 5.59. The highest BCUT2D eigenvalue weighted by molar-refractivity contribution is 5.97. The van der Waals surface area contributed by atoms with Gasteiger partial charge in [0.05, 0.1) is 13.7 Å². The number of hydrogen-bond acceptors (Lipinski definition) is 5. The Morgan fingerprint density at radius 1 is 1.15 bits per heavy atom. The SMILES string of the molecule is CCOc1cccc2cc(C(=O)NCc3ccc(OC)cc3)c(=O)oc12. The summed E-state index contributed by atoms with van der Waals surface area (Å²) in [5.41, 5.74) is 0.491. The second-order valence-electron chi connectivity index (χ2n) is 5.59. The number of amides is 1. The molecule has 0 saturated heterocycles. The molecule has 3 rings (SSSR count). The molecule has 0 bridgehead atoms. The van der Waals surface area contributed by atoms with Gasteiger partial charge in [-0.3, -0.25) is 4.79 Å². The number of methoxy groups -OCH3 is 1. The minimum atomic E-state index is -0.697. The van der Waals surface area contributed by atoms with E-state index in [0.29, 0.717) is 29.9 Å². The van der Waals surface area contributed by atoms with Crippen molar-refractivity contribution < 1.29 is 18.7 Å². The molecule has 0 aliphatic heterocycles. The molecule has 3 aromatic rings. The Morgan fingerprint density at radius 3 is 2.62 bits per heavy atom. The lowest BCUT2D eigenvalue weighted by Crippen LogP contribution is -2.27. The summed E-state index contributed by atoms with van der Waals surface area (Å²) in [6.45, 7) is 2.59. The first-order valence-corrected chi connectivity index (χ1v) is 8.23. The Labute approximate surface area is 150 Å². The summed E-state index contributed by atoms with van der Waals surface area (Å²) in [7, 11) is 1.59. The fourth-order valence-electron chi connectivity index (χ4n) is 2.57. The Balaban J connectivity index is 1.81. The van der Waals surface area contributed by atoms with Gasteiger partial charge in [0, 0.05) is 11.9 Å². The predicted octanol–water partition coefficient (Wildman–Crippen LogP) is 3.13. The number of carbonyl (C=O) groups excluding carboxylic acids is 1. The molecule has 2 aromatic carbocycles. The summed E-state index contributed by atoms with van der Waals surface area (Å²) >= 11 is 0. The van der Waals surface area contributed by atoms with Gasteiger partial charge in [-0.05, 0) is 36.8 Å². The molecule has 0 aliphatic carbocycles. The van der Waals surface area contributed by atoms with Gasteiger partial charge in [-0.15, -0.1) is 0 Å². The van der Waals surface area contributed by atoms with Crippen LogP contribution in [0.2, 0.25) is 0 Å². The molecule has 0 spiro atoms. The van der Waals surface area contributed by atoms with Gasteiger partial charge < -0.3 is 19.2 Å². The van der Waals surface area contributed by atoms with Crippen molar-refractivity contribution in [3.63, 3.8) is 0 Å². The summed E-state index contributed by atoms with van der Waals surface area (Å²) in [6, 6.07) is 14.1. The number of benzene rings is 2. The van der Waals surface area contributed by atoms with Crippen LogP contribution >= 0.6 is 0 Å². The molecule has 0 aliphatic rings. The highest BCUT2D eigenvalue weighted by Gasteiger charge is 2.15. The average molecular weight is 353 g/mol. The van der Waals surface area contributed by atoms with Gasteiger partial charge in [-0.1, -0.05) is 24.3 Å². The van der Waals surface area contributed by atoms with Crippen molar-refractivity contribution in [3.05, 3.63) is 70.1 Å². The van der Waals surface area contributed by atoms with Crippen LogP contribution in [-0.2, 0) is 6.54 Å². The van der Waals surface area contributed by atoms with Crippen molar-refractivity contribution in [2.45, 2.75) is 13.5 Å². The van der Waals surface area contributed by atoms with Crippen LogP contribution in [0.3, 0.4) is 0 Å². The molecule has 0 atom stereocenters. The van der Waals surface area contributed by atoms with Crippen molar-refractivity contribution in [3.8, 4) is 11.5 Å². The lowest BCUT2D eigenvalue weighted by Gasteiger charge is -2.08. The average Bonchev–Trinajstić information content (AvgIpc) is 2.67. The zero-order chi connectivity index (χ0) is 18.5. The first-order valence-electron chi connectivity index (χ1n) is 8.23. The van der Waals surface area contributed by atoms with Crippen LogP contribution in [0.4, 0.5) is 0 Å². The molecule has 0 fully saturated rings. The van der Waals surface area contributed by atoms with E-state index < -0.39 is 11.5 Å². The maximum absolute atomic E-state index is 12.4. The molecular formula is C20H19NO5. The van der Waals surface area contributed by atoms with Crippen molar-refractivity contribution in [1.82, 2.24) is 5.32 Å². The molecule has 0 saturated carbocycles. The van der Waals surface area contributed by atoms with Gasteiger partial charge in [0.1, 0.15) is 11.3 Å². The van der Waals surface area contributed by atoms with Crippen molar-refractivity contribution >= 4 is 16.9 Å². The molecular weight excluding hydrogens is 334 g/mol. The van der Waals surface area contributed by atoms with Crippen LogP contribution in [0.5, 0.6) is 11.5 Å². The number of para-hydroxylation sites is 1. The van der Waals surface area contributed by atoms with Gasteiger partial charge in [0.15, 0.2) is 11.3 Å². The number of fused-ring (bicyclic) bond motifs is 1. The summed E-state index contributed by atoms with van der Waals surface area (Å²) < 4.78 is 15.9. The maximum atomic E-state index is 12.4. The van der Waals surface area contributed by atoms with E-state index in [2.05, 4.69) is 5.32 Å². The van der Waals surface area contributed by atoms with Crippen LogP contribution in [0.25, 0.3) is 11.0 Å². The largest absolute Gasteiger partial charge is 0.497 e. The number of carbonyl (C=O) groups is 1. The minimum absolute atomic E-state index is 0.0420. The Hall–Kier alpha value is -3.28. The normalized spacial score (nSPS) is 10.5. The van der Waals surface area contributed by atoms with Crippen molar-refractivity contribution in [1.29, 1.82) is 0 Å². The van der Waals surface area contributed by atoms with Crippen molar-refractivity contribution in [2.75, 3.05) is 13.7 Å². The standard InChI is InChI=1S/C20H19NO5/c1-3-25-17-6-4-5-14-11-16(20(23)26-18(14)17)19(22)21-12-13-7-9-15(24-2)10-8-13/h4-11H,3,12H2,1-2H3,(H,21,22). The molecule has 6 nitrogen and oxygen atoms in total. The van der Waals surface area contributed by atoms with Gasteiger partial charge in [-0.2, -0.15) is 0 Å². The van der Waals surface area contributed by atoms with E-state index >= 15 is 0 Å². The Bertz CT molecular complexity index is 976. The summed E-state index contributed by atoms with van der Waals surface area (Å²) in [5.74, 6) is 0.728. The van der Waals surface area contributed by atoms with Gasteiger partial charge >= 0.3 is 5.63 Å². The molecule has 1 aromatic heterocycles. The quantitative estimate of drug-likeness (QED) is 0.689. The molecule has 0 unspecified atom stereocenters. The van der Waals surface area contributed by atoms with E-state index in [0.717, 1.165) is 11.3 Å². The topological polar surface area (TPSA) is 77.8 Å². The van der Waals surface area contributed by atoms with E-state index in [-0.39, 0.29) is 5.56 Å². The van der Waals surface area contributed by atoms with Gasteiger partial charge in [0.2, 0.25) is 0 Å². The Morgan fingerprint density at radius 2 is 1.92 bits per heavy atom. The maximum Gasteiger partial charge on any atom is 0.349 e. The third kappa shape index (κ3) is 3.69. The van der Waals surface area contributed by atoms with Crippen LogP contribution < -0.4 is 20.4 Å². The number of hydrogen-bond donors (Lipinski definition) is 1. The van der Waals surface area contributed by atoms with E-state index in [1.54, 1.807) is 37.4 Å². The third-order valence-electron chi connectivity index (χ3n) is 3.88. The van der Waals surface area contributed by atoms with Crippen molar-refractivity contribution in [2.24, 2.45) is 0 Å². The lowest BCUT2D eigenvalue weighted by atomic mass is 10.1. The number of nitrogens with one attached hydrogen (secondary N) is 1. The number of rotatable bonds is 6. The first kappa shape index (κ1) is 17.5. The molecule has 1 amide bonds. The lowest BCUT2D eigenvalue weighted by molar-refractivity contribution is 0.0947. The van der Waals surface area contributed by atoms with E-state index in [1.807, 2.05) is 19.1 Å². The molecule has 0 radical (unpaired) electrons. The smallest absolute Gasteiger partial charge is 0.349 e. The minimum Gasteiger partial charge on any atom is -0.497 e. The van der Waals surface area contributed by atoms with E-state index in [1.165, 1.54) is 6.07 Å². The zero-order valence-corrected chi connectivity index (χ0v) is 14.6. The van der Waals surface area contributed by atoms with Crippen LogP contribution in [-0.4, -0.2) is 19.6 Å². The summed E-state index contributed by atoms with van der Waals surface area (Å²) in [5, 5.41) is 3.36. The summed E-state index contributed by atoms with van der Waals surface area (Å²) in [4.78, 5) is 24.6. The molecule has 1 N–H and O–H groups in total. The second kappa shape index (κ2) is 7.74. The van der Waals surface area contributed by atoms with E-state index in [4.69, 9.17) is 13.9 Å². The fourth-order valence-corrected chi connectivity index (χ4v) is 2.57. The highest BCUT2D eigenvalue weighted by atomic mass is 16.5. The highest BCUT2D eigenvalue weighted by Crippen LogP contribution is 2.24. The van der Waals surface area contributed by atoms with Crippen LogP contribution in [0.1, 0.15) is 22.8 Å².